The van der Waals surface area contributed by atoms with Crippen LogP contribution in [0, 0.1) is 11.6 Å². The SMILES string of the molecule is CCCCCCCCOc1ccc(-c2ccccc2C(C)(CC)CCC(=O)O)c(F)c1F. The Morgan fingerprint density at radius 1 is 0.938 bits per heavy atom. The fourth-order valence-corrected chi connectivity index (χ4v) is 4.04. The van der Waals surface area contributed by atoms with Gasteiger partial charge in [-0.2, -0.15) is 4.39 Å². The summed E-state index contributed by atoms with van der Waals surface area (Å²) in [6, 6.07) is 10.3. The third kappa shape index (κ3) is 6.78. The minimum absolute atomic E-state index is 0.0146. The van der Waals surface area contributed by atoms with Crippen LogP contribution in [0.3, 0.4) is 0 Å². The first-order valence-corrected chi connectivity index (χ1v) is 11.8. The summed E-state index contributed by atoms with van der Waals surface area (Å²) in [6.45, 7) is 6.48. The molecular formula is C27H36F2O3. The van der Waals surface area contributed by atoms with Gasteiger partial charge in [0.1, 0.15) is 0 Å². The summed E-state index contributed by atoms with van der Waals surface area (Å²) in [5.74, 6) is -2.85. The van der Waals surface area contributed by atoms with Gasteiger partial charge in [-0.05, 0) is 47.9 Å². The van der Waals surface area contributed by atoms with E-state index in [-0.39, 0.29) is 17.7 Å². The zero-order valence-electron chi connectivity index (χ0n) is 19.6. The van der Waals surface area contributed by atoms with Gasteiger partial charge in [-0.1, -0.05) is 77.1 Å². The number of hydrogen-bond donors (Lipinski definition) is 1. The van der Waals surface area contributed by atoms with Crippen molar-refractivity contribution in [3.63, 3.8) is 0 Å². The quantitative estimate of drug-likeness (QED) is 0.300. The normalized spacial score (nSPS) is 13.0. The highest BCUT2D eigenvalue weighted by Crippen LogP contribution is 2.40. The molecular weight excluding hydrogens is 410 g/mol. The van der Waals surface area contributed by atoms with Gasteiger partial charge in [0.05, 0.1) is 6.61 Å². The van der Waals surface area contributed by atoms with E-state index in [2.05, 4.69) is 6.92 Å². The van der Waals surface area contributed by atoms with Gasteiger partial charge in [-0.25, -0.2) is 4.39 Å². The summed E-state index contributed by atoms with van der Waals surface area (Å²) in [5.41, 5.74) is 1.11. The number of ether oxygens (including phenoxy) is 1. The summed E-state index contributed by atoms with van der Waals surface area (Å²) in [6.07, 6.45) is 7.67. The molecule has 3 nitrogen and oxygen atoms in total. The molecule has 2 aromatic rings. The Morgan fingerprint density at radius 3 is 2.31 bits per heavy atom. The third-order valence-electron chi connectivity index (χ3n) is 6.34. The predicted octanol–water partition coefficient (Wildman–Crippen LogP) is 7.90. The highest BCUT2D eigenvalue weighted by Gasteiger charge is 2.29. The third-order valence-corrected chi connectivity index (χ3v) is 6.34. The molecule has 2 aromatic carbocycles. The zero-order chi connectivity index (χ0) is 23.6. The summed E-state index contributed by atoms with van der Waals surface area (Å²) < 4.78 is 35.4. The van der Waals surface area contributed by atoms with Crippen molar-refractivity contribution in [3.05, 3.63) is 53.6 Å². The molecule has 1 unspecified atom stereocenters. The molecule has 0 aliphatic heterocycles. The first-order valence-electron chi connectivity index (χ1n) is 11.8. The number of unbranched alkanes of at least 4 members (excludes halogenated alkanes) is 5. The summed E-state index contributed by atoms with van der Waals surface area (Å²) in [4.78, 5) is 11.1. The largest absolute Gasteiger partial charge is 0.490 e. The van der Waals surface area contributed by atoms with Crippen LogP contribution in [-0.4, -0.2) is 17.7 Å². The summed E-state index contributed by atoms with van der Waals surface area (Å²) in [7, 11) is 0. The van der Waals surface area contributed by atoms with Crippen LogP contribution in [0.15, 0.2) is 36.4 Å². The first kappa shape index (κ1) is 25.8. The number of carboxylic acid groups (broad SMARTS) is 1. The van der Waals surface area contributed by atoms with E-state index < -0.39 is 23.0 Å². The minimum Gasteiger partial charge on any atom is -0.490 e. The molecule has 0 bridgehead atoms. The van der Waals surface area contributed by atoms with E-state index in [1.165, 1.54) is 25.3 Å². The molecule has 2 rings (SSSR count). The number of benzene rings is 2. The summed E-state index contributed by atoms with van der Waals surface area (Å²) >= 11 is 0. The van der Waals surface area contributed by atoms with Gasteiger partial charge in [-0.15, -0.1) is 0 Å². The second-order valence-electron chi connectivity index (χ2n) is 8.71. The van der Waals surface area contributed by atoms with E-state index in [4.69, 9.17) is 9.84 Å². The van der Waals surface area contributed by atoms with Gasteiger partial charge >= 0.3 is 5.97 Å². The molecule has 1 N–H and O–H groups in total. The average Bonchev–Trinajstić information content (AvgIpc) is 2.79. The molecule has 0 radical (unpaired) electrons. The molecule has 0 heterocycles. The van der Waals surface area contributed by atoms with Gasteiger partial charge in [0.2, 0.25) is 5.82 Å². The van der Waals surface area contributed by atoms with Crippen LogP contribution >= 0.6 is 0 Å². The lowest BCUT2D eigenvalue weighted by molar-refractivity contribution is -0.137. The van der Waals surface area contributed by atoms with Crippen LogP contribution in [0.4, 0.5) is 8.78 Å². The second kappa shape index (κ2) is 12.6. The molecule has 0 spiro atoms. The van der Waals surface area contributed by atoms with Gasteiger partial charge < -0.3 is 9.84 Å². The Bertz CT molecular complexity index is 881. The molecule has 0 aliphatic carbocycles. The van der Waals surface area contributed by atoms with Crippen LogP contribution in [0.2, 0.25) is 0 Å². The topological polar surface area (TPSA) is 46.5 Å². The number of carbonyl (C=O) groups is 1. The number of carboxylic acids is 1. The van der Waals surface area contributed by atoms with Crippen molar-refractivity contribution in [1.82, 2.24) is 0 Å². The zero-order valence-corrected chi connectivity index (χ0v) is 19.6. The van der Waals surface area contributed by atoms with Gasteiger partial charge in [0.15, 0.2) is 11.6 Å². The molecule has 32 heavy (non-hydrogen) atoms. The van der Waals surface area contributed by atoms with Gasteiger partial charge in [0.25, 0.3) is 0 Å². The highest BCUT2D eigenvalue weighted by atomic mass is 19.2. The lowest BCUT2D eigenvalue weighted by atomic mass is 9.73. The molecule has 0 aromatic heterocycles. The minimum atomic E-state index is -0.980. The fraction of sp³-hybridized carbons (Fsp3) is 0.519. The molecule has 176 valence electrons. The second-order valence-corrected chi connectivity index (χ2v) is 8.71. The van der Waals surface area contributed by atoms with E-state index in [1.807, 2.05) is 26.0 Å². The van der Waals surface area contributed by atoms with Crippen LogP contribution in [0.1, 0.15) is 84.1 Å². The van der Waals surface area contributed by atoms with Crippen molar-refractivity contribution >= 4 is 5.97 Å². The van der Waals surface area contributed by atoms with Gasteiger partial charge in [-0.3, -0.25) is 4.79 Å². The van der Waals surface area contributed by atoms with Crippen LogP contribution in [0.25, 0.3) is 11.1 Å². The van der Waals surface area contributed by atoms with E-state index in [0.29, 0.717) is 25.0 Å². The van der Waals surface area contributed by atoms with E-state index in [1.54, 1.807) is 18.2 Å². The van der Waals surface area contributed by atoms with Crippen molar-refractivity contribution in [1.29, 1.82) is 0 Å². The lowest BCUT2D eigenvalue weighted by Crippen LogP contribution is -2.23. The fourth-order valence-electron chi connectivity index (χ4n) is 4.04. The summed E-state index contributed by atoms with van der Waals surface area (Å²) in [5, 5.41) is 9.14. The van der Waals surface area contributed by atoms with Crippen LogP contribution < -0.4 is 4.74 Å². The van der Waals surface area contributed by atoms with Gasteiger partial charge in [0, 0.05) is 12.0 Å². The predicted molar refractivity (Wildman–Crippen MR) is 125 cm³/mol. The molecule has 5 heteroatoms. The first-order chi connectivity index (χ1) is 15.3. The van der Waals surface area contributed by atoms with Crippen molar-refractivity contribution in [3.8, 4) is 16.9 Å². The maximum atomic E-state index is 15.1. The van der Waals surface area contributed by atoms with E-state index >= 15 is 4.39 Å². The molecule has 0 amide bonds. The molecule has 1 atom stereocenters. The molecule has 0 fully saturated rings. The van der Waals surface area contributed by atoms with E-state index in [9.17, 15) is 9.18 Å². The van der Waals surface area contributed by atoms with E-state index in [0.717, 1.165) is 24.8 Å². The number of hydrogen-bond acceptors (Lipinski definition) is 2. The maximum absolute atomic E-state index is 15.1. The Hall–Kier alpha value is -2.43. The molecule has 0 saturated carbocycles. The average molecular weight is 447 g/mol. The number of aliphatic carboxylic acids is 1. The lowest BCUT2D eigenvalue weighted by Gasteiger charge is -2.31. The maximum Gasteiger partial charge on any atom is 0.303 e. The number of halogens is 2. The highest BCUT2D eigenvalue weighted by molar-refractivity contribution is 5.71. The van der Waals surface area contributed by atoms with Crippen molar-refractivity contribution in [2.45, 2.75) is 84.0 Å². The monoisotopic (exact) mass is 446 g/mol. The van der Waals surface area contributed by atoms with Crippen molar-refractivity contribution < 1.29 is 23.4 Å². The van der Waals surface area contributed by atoms with Crippen molar-refractivity contribution in [2.24, 2.45) is 0 Å². The molecule has 0 aliphatic rings. The Balaban J connectivity index is 2.21. The Kier molecular flexibility index (Phi) is 10.1. The number of rotatable bonds is 14. The standard InChI is InChI=1S/C27H36F2O3/c1-4-6-7-8-9-12-19-32-23-16-15-21(25(28)26(23)29)20-13-10-11-14-22(20)27(3,5-2)18-17-24(30)31/h10-11,13-16H,4-9,12,17-19H2,1-3H3,(H,30,31). The van der Waals surface area contributed by atoms with Crippen molar-refractivity contribution in [2.75, 3.05) is 6.61 Å². The Labute approximate surface area is 190 Å². The molecule has 0 saturated heterocycles. The van der Waals surface area contributed by atoms with Crippen LogP contribution in [-0.2, 0) is 10.2 Å². The smallest absolute Gasteiger partial charge is 0.303 e. The Morgan fingerprint density at radius 2 is 1.62 bits per heavy atom. The van der Waals surface area contributed by atoms with Crippen LogP contribution in [0.5, 0.6) is 5.75 Å².